The van der Waals surface area contributed by atoms with Crippen LogP contribution in [0.25, 0.3) is 0 Å². The Morgan fingerprint density at radius 1 is 0.872 bits per heavy atom. The SMILES string of the molecule is COCCCN1C2=C(C(=O)CC(C)(C)C2)C(c2ccc(Oc3ccc(C(F)(F)F)cc3[N+](=O)[O-])c(OC)c2)C2=C1CC(C)(C)CC2=O. The molecule has 0 spiro atoms. The van der Waals surface area contributed by atoms with E-state index in [9.17, 15) is 32.9 Å². The molecule has 0 radical (unpaired) electrons. The number of nitro groups is 1. The largest absolute Gasteiger partial charge is 0.493 e. The third-order valence-corrected chi connectivity index (χ3v) is 8.98. The lowest BCUT2D eigenvalue weighted by atomic mass is 9.63. The minimum atomic E-state index is -4.78. The van der Waals surface area contributed by atoms with Gasteiger partial charge >= 0.3 is 11.9 Å². The molecule has 0 bridgehead atoms. The van der Waals surface area contributed by atoms with Gasteiger partial charge in [-0.25, -0.2) is 0 Å². The van der Waals surface area contributed by atoms with Gasteiger partial charge < -0.3 is 19.1 Å². The van der Waals surface area contributed by atoms with Crippen LogP contribution in [0.2, 0.25) is 0 Å². The van der Waals surface area contributed by atoms with Gasteiger partial charge in [-0.3, -0.25) is 19.7 Å². The van der Waals surface area contributed by atoms with Crippen molar-refractivity contribution in [3.8, 4) is 17.2 Å². The maximum Gasteiger partial charge on any atom is 0.416 e. The number of methoxy groups -OCH3 is 2. The number of allylic oxidation sites excluding steroid dienone is 4. The highest BCUT2D eigenvalue weighted by atomic mass is 19.4. The number of ether oxygens (including phenoxy) is 3. The summed E-state index contributed by atoms with van der Waals surface area (Å²) in [5.41, 5.74) is 0.922. The van der Waals surface area contributed by atoms with Gasteiger partial charge in [0.05, 0.1) is 17.6 Å². The number of ketones is 2. The van der Waals surface area contributed by atoms with E-state index < -0.39 is 34.0 Å². The average Bonchev–Trinajstić information content (AvgIpc) is 2.96. The van der Waals surface area contributed by atoms with E-state index in [2.05, 4.69) is 32.6 Å². The number of halogens is 3. The standard InChI is InChI=1S/C35H39F3N2O7/c1-33(2)16-23-31(25(41)18-33)30(32-24(39(23)12-7-13-45-5)17-34(3,4)19-26(32)42)20-8-10-28(29(14-20)46-6)47-27-11-9-21(35(36,37)38)15-22(27)40(43)44/h8-11,14-15,30H,7,12-13,16-19H2,1-6H3. The number of carbonyl (C=O) groups is 2. The van der Waals surface area contributed by atoms with Crippen LogP contribution in [0.15, 0.2) is 58.9 Å². The normalized spacial score (nSPS) is 19.5. The molecule has 5 rings (SSSR count). The third kappa shape index (κ3) is 6.79. The summed E-state index contributed by atoms with van der Waals surface area (Å²) >= 11 is 0. The molecule has 12 heteroatoms. The van der Waals surface area contributed by atoms with Crippen LogP contribution >= 0.6 is 0 Å². The molecular weight excluding hydrogens is 617 g/mol. The van der Waals surface area contributed by atoms with Gasteiger partial charge in [0, 0.05) is 67.6 Å². The van der Waals surface area contributed by atoms with Crippen LogP contribution in [-0.4, -0.2) is 48.8 Å². The monoisotopic (exact) mass is 656 g/mol. The highest BCUT2D eigenvalue weighted by molar-refractivity contribution is 6.06. The first-order chi connectivity index (χ1) is 22.0. The van der Waals surface area contributed by atoms with Crippen LogP contribution in [0.4, 0.5) is 18.9 Å². The first-order valence-electron chi connectivity index (χ1n) is 15.5. The number of nitrogens with zero attached hydrogens (tertiary/aromatic N) is 2. The molecule has 2 aromatic rings. The summed E-state index contributed by atoms with van der Waals surface area (Å²) in [6.45, 7) is 9.36. The van der Waals surface area contributed by atoms with Crippen molar-refractivity contribution in [3.05, 3.63) is 80.2 Å². The number of alkyl halides is 3. The number of nitro benzene ring substituents is 1. The van der Waals surface area contributed by atoms with E-state index >= 15 is 0 Å². The zero-order valence-corrected chi connectivity index (χ0v) is 27.4. The number of Topliss-reactive ketones (excluding diaryl/α,β-unsaturated/α-hetero) is 2. The Balaban J connectivity index is 1.64. The van der Waals surface area contributed by atoms with Gasteiger partial charge in [0.25, 0.3) is 0 Å². The molecule has 9 nitrogen and oxygen atoms in total. The molecule has 2 aliphatic carbocycles. The van der Waals surface area contributed by atoms with Crippen molar-refractivity contribution in [2.75, 3.05) is 27.4 Å². The summed E-state index contributed by atoms with van der Waals surface area (Å²) in [6, 6.07) is 6.82. The molecule has 0 saturated heterocycles. The topological polar surface area (TPSA) is 108 Å². The van der Waals surface area contributed by atoms with E-state index in [1.165, 1.54) is 13.2 Å². The van der Waals surface area contributed by atoms with Crippen molar-refractivity contribution in [1.29, 1.82) is 0 Å². The smallest absolute Gasteiger partial charge is 0.416 e. The minimum Gasteiger partial charge on any atom is -0.493 e. The van der Waals surface area contributed by atoms with Crippen LogP contribution in [0.5, 0.6) is 17.2 Å². The van der Waals surface area contributed by atoms with Crippen molar-refractivity contribution in [1.82, 2.24) is 4.90 Å². The van der Waals surface area contributed by atoms with Gasteiger partial charge in [-0.15, -0.1) is 0 Å². The summed E-state index contributed by atoms with van der Waals surface area (Å²) < 4.78 is 56.5. The molecule has 0 atom stereocenters. The van der Waals surface area contributed by atoms with E-state index in [-0.39, 0.29) is 33.9 Å². The van der Waals surface area contributed by atoms with Crippen molar-refractivity contribution in [2.24, 2.45) is 10.8 Å². The zero-order valence-electron chi connectivity index (χ0n) is 27.4. The molecular formula is C35H39F3N2O7. The van der Waals surface area contributed by atoms with Crippen LogP contribution in [0.3, 0.4) is 0 Å². The Labute approximate surface area is 271 Å². The lowest BCUT2D eigenvalue weighted by Gasteiger charge is -2.49. The quantitative estimate of drug-likeness (QED) is 0.151. The summed E-state index contributed by atoms with van der Waals surface area (Å²) in [5.74, 6) is -0.997. The van der Waals surface area contributed by atoms with Crippen molar-refractivity contribution in [2.45, 2.75) is 71.9 Å². The second kappa shape index (κ2) is 12.4. The average molecular weight is 657 g/mol. The summed E-state index contributed by atoms with van der Waals surface area (Å²) in [7, 11) is 3.00. The first-order valence-corrected chi connectivity index (χ1v) is 15.5. The second-order valence-corrected chi connectivity index (χ2v) is 14.0. The van der Waals surface area contributed by atoms with E-state index in [4.69, 9.17) is 14.2 Å². The fourth-order valence-electron chi connectivity index (χ4n) is 7.01. The molecule has 3 aliphatic rings. The predicted molar refractivity (Wildman–Crippen MR) is 167 cm³/mol. The van der Waals surface area contributed by atoms with Crippen LogP contribution < -0.4 is 9.47 Å². The predicted octanol–water partition coefficient (Wildman–Crippen LogP) is 8.14. The van der Waals surface area contributed by atoms with E-state index in [1.54, 1.807) is 19.2 Å². The minimum absolute atomic E-state index is 0.0201. The highest BCUT2D eigenvalue weighted by Crippen LogP contribution is 2.55. The van der Waals surface area contributed by atoms with Crippen molar-refractivity contribution < 1.29 is 41.9 Å². The highest BCUT2D eigenvalue weighted by Gasteiger charge is 2.49. The molecule has 1 aliphatic heterocycles. The molecule has 0 fully saturated rings. The lowest BCUT2D eigenvalue weighted by molar-refractivity contribution is -0.385. The molecule has 0 amide bonds. The number of carbonyl (C=O) groups excluding carboxylic acids is 2. The van der Waals surface area contributed by atoms with Gasteiger partial charge in [-0.05, 0) is 59.9 Å². The van der Waals surface area contributed by atoms with Crippen molar-refractivity contribution >= 4 is 17.3 Å². The number of rotatable bonds is 9. The number of benzene rings is 2. The van der Waals surface area contributed by atoms with E-state index in [0.717, 1.165) is 17.5 Å². The summed E-state index contributed by atoms with van der Waals surface area (Å²) in [4.78, 5) is 41.0. The summed E-state index contributed by atoms with van der Waals surface area (Å²) in [6.07, 6.45) is -2.18. The van der Waals surface area contributed by atoms with E-state index in [1.807, 2.05) is 0 Å². The van der Waals surface area contributed by atoms with Crippen LogP contribution in [0, 0.1) is 20.9 Å². The summed E-state index contributed by atoms with van der Waals surface area (Å²) in [5, 5.41) is 11.7. The van der Waals surface area contributed by atoms with Gasteiger partial charge in [-0.1, -0.05) is 33.8 Å². The van der Waals surface area contributed by atoms with E-state index in [0.29, 0.717) is 74.1 Å². The molecule has 0 unspecified atom stereocenters. The number of hydrogen-bond acceptors (Lipinski definition) is 8. The maximum atomic E-state index is 14.0. The van der Waals surface area contributed by atoms with Crippen molar-refractivity contribution in [3.63, 3.8) is 0 Å². The molecule has 47 heavy (non-hydrogen) atoms. The van der Waals surface area contributed by atoms with Gasteiger partial charge in [0.2, 0.25) is 5.75 Å². The first kappa shape index (κ1) is 34.2. The zero-order chi connectivity index (χ0) is 34.5. The van der Waals surface area contributed by atoms with Crippen LogP contribution in [-0.2, 0) is 20.5 Å². The maximum absolute atomic E-state index is 14.0. The Morgan fingerprint density at radius 2 is 1.45 bits per heavy atom. The van der Waals surface area contributed by atoms with Gasteiger partial charge in [0.1, 0.15) is 0 Å². The Hall–Kier alpha value is -4.19. The number of hydrogen-bond donors (Lipinski definition) is 0. The van der Waals surface area contributed by atoms with Crippen LogP contribution in [0.1, 0.15) is 76.8 Å². The molecule has 0 N–H and O–H groups in total. The molecule has 0 aromatic heterocycles. The van der Waals surface area contributed by atoms with Gasteiger partial charge in [0.15, 0.2) is 23.1 Å². The Morgan fingerprint density at radius 3 is 1.96 bits per heavy atom. The molecule has 0 saturated carbocycles. The van der Waals surface area contributed by atoms with Gasteiger partial charge in [-0.2, -0.15) is 13.2 Å². The Kier molecular flexibility index (Phi) is 9.04. The molecule has 2 aromatic carbocycles. The second-order valence-electron chi connectivity index (χ2n) is 14.0. The Bertz CT molecular complexity index is 1640. The molecule has 1 heterocycles. The lowest BCUT2D eigenvalue weighted by Crippen LogP contribution is -2.44. The fraction of sp³-hybridized carbons (Fsp3) is 0.486. The fourth-order valence-corrected chi connectivity index (χ4v) is 7.01. The third-order valence-electron chi connectivity index (χ3n) is 8.98. The molecule has 252 valence electrons.